The van der Waals surface area contributed by atoms with E-state index in [1.165, 1.54) is 17.0 Å². The summed E-state index contributed by atoms with van der Waals surface area (Å²) in [6.45, 7) is 3.44. The van der Waals surface area contributed by atoms with Gasteiger partial charge in [-0.05, 0) is 100.0 Å². The minimum atomic E-state index is -0.422. The maximum absolute atomic E-state index is 13.9. The van der Waals surface area contributed by atoms with E-state index in [9.17, 15) is 9.18 Å². The van der Waals surface area contributed by atoms with Gasteiger partial charge in [0.05, 0.1) is 10.9 Å². The zero-order chi connectivity index (χ0) is 23.5. The van der Waals surface area contributed by atoms with Crippen LogP contribution in [0.5, 0.6) is 0 Å². The summed E-state index contributed by atoms with van der Waals surface area (Å²) in [5, 5.41) is 1.24. The molecule has 178 valence electrons. The van der Waals surface area contributed by atoms with E-state index in [0.717, 1.165) is 69.4 Å². The van der Waals surface area contributed by atoms with E-state index in [2.05, 4.69) is 46.1 Å². The molecule has 1 aromatic heterocycles. The molecule has 2 aromatic carbocycles. The molecule has 2 aliphatic rings. The third kappa shape index (κ3) is 4.85. The van der Waals surface area contributed by atoms with E-state index in [4.69, 9.17) is 0 Å². The van der Waals surface area contributed by atoms with Crippen molar-refractivity contribution < 1.29 is 9.18 Å². The summed E-state index contributed by atoms with van der Waals surface area (Å²) in [4.78, 5) is 22.8. The van der Waals surface area contributed by atoms with E-state index in [-0.39, 0.29) is 11.7 Å². The van der Waals surface area contributed by atoms with Gasteiger partial charge in [-0.1, -0.05) is 30.3 Å². The van der Waals surface area contributed by atoms with Gasteiger partial charge in [-0.25, -0.2) is 4.39 Å². The zero-order valence-electron chi connectivity index (χ0n) is 20.0. The van der Waals surface area contributed by atoms with Gasteiger partial charge in [-0.2, -0.15) is 0 Å². The van der Waals surface area contributed by atoms with Crippen molar-refractivity contribution in [1.82, 2.24) is 14.8 Å². The van der Waals surface area contributed by atoms with Gasteiger partial charge in [0.2, 0.25) is 5.91 Å². The average molecular weight is 460 g/mol. The van der Waals surface area contributed by atoms with Gasteiger partial charge in [0.1, 0.15) is 5.82 Å². The van der Waals surface area contributed by atoms with Crippen LogP contribution in [0, 0.1) is 17.2 Å². The molecule has 0 bridgehead atoms. The van der Waals surface area contributed by atoms with Gasteiger partial charge in [0.25, 0.3) is 0 Å². The Kier molecular flexibility index (Phi) is 6.64. The third-order valence-corrected chi connectivity index (χ3v) is 7.98. The molecule has 0 atom stereocenters. The Labute approximate surface area is 201 Å². The number of rotatable bonds is 5. The molecule has 2 fully saturated rings. The van der Waals surface area contributed by atoms with Gasteiger partial charge in [-0.15, -0.1) is 0 Å². The van der Waals surface area contributed by atoms with Crippen LogP contribution >= 0.6 is 0 Å². The Morgan fingerprint density at radius 1 is 1.03 bits per heavy atom. The smallest absolute Gasteiger partial charge is 0.229 e. The second-order valence-corrected chi connectivity index (χ2v) is 10.3. The molecule has 3 aromatic rings. The summed E-state index contributed by atoms with van der Waals surface area (Å²) in [6, 6.07) is 17.3. The summed E-state index contributed by atoms with van der Waals surface area (Å²) in [5.74, 6) is 0.627. The largest absolute Gasteiger partial charge is 0.342 e. The minimum absolute atomic E-state index is 0.225. The molecule has 0 N–H and O–H groups in total. The molecule has 34 heavy (non-hydrogen) atoms. The predicted octanol–water partition coefficient (Wildman–Crippen LogP) is 5.11. The Balaban J connectivity index is 1.27. The van der Waals surface area contributed by atoms with Gasteiger partial charge in [0.15, 0.2) is 0 Å². The van der Waals surface area contributed by atoms with E-state index >= 15 is 0 Å². The molecule has 0 radical (unpaired) electrons. The quantitative estimate of drug-likeness (QED) is 0.532. The van der Waals surface area contributed by atoms with E-state index in [1.54, 1.807) is 12.1 Å². The molecule has 2 aliphatic heterocycles. The molecule has 3 heterocycles. The Hall–Kier alpha value is -2.79. The van der Waals surface area contributed by atoms with Crippen LogP contribution in [0.15, 0.2) is 60.8 Å². The first-order valence-corrected chi connectivity index (χ1v) is 12.6. The van der Waals surface area contributed by atoms with Crippen molar-refractivity contribution in [2.75, 3.05) is 33.2 Å². The van der Waals surface area contributed by atoms with Gasteiger partial charge >= 0.3 is 0 Å². The van der Waals surface area contributed by atoms with E-state index < -0.39 is 5.41 Å². The van der Waals surface area contributed by atoms with Crippen LogP contribution in [-0.2, 0) is 17.6 Å². The predicted molar refractivity (Wildman–Crippen MR) is 134 cm³/mol. The lowest BCUT2D eigenvalue weighted by molar-refractivity contribution is -0.146. The van der Waals surface area contributed by atoms with Crippen molar-refractivity contribution in [3.63, 3.8) is 0 Å². The van der Waals surface area contributed by atoms with Crippen LogP contribution in [0.3, 0.4) is 0 Å². The maximum Gasteiger partial charge on any atom is 0.229 e. The number of hydrogen-bond acceptors (Lipinski definition) is 3. The fraction of sp³-hybridized carbons (Fsp3) is 0.448. The van der Waals surface area contributed by atoms with Gasteiger partial charge in [-0.3, -0.25) is 9.78 Å². The lowest BCUT2D eigenvalue weighted by atomic mass is 9.72. The summed E-state index contributed by atoms with van der Waals surface area (Å²) in [7, 11) is 2.12. The monoisotopic (exact) mass is 459 g/mol. The van der Waals surface area contributed by atoms with Crippen LogP contribution < -0.4 is 0 Å². The molecular formula is C29H34FN3O. The van der Waals surface area contributed by atoms with Crippen molar-refractivity contribution in [2.45, 2.75) is 38.5 Å². The second-order valence-electron chi connectivity index (χ2n) is 10.3. The van der Waals surface area contributed by atoms with Crippen molar-refractivity contribution in [1.29, 1.82) is 0 Å². The normalized spacial score (nSPS) is 19.4. The minimum Gasteiger partial charge on any atom is -0.342 e. The number of fused-ring (bicyclic) bond motifs is 1. The Bertz CT molecular complexity index is 1140. The third-order valence-electron chi connectivity index (χ3n) is 7.98. The first-order valence-electron chi connectivity index (χ1n) is 12.6. The molecule has 0 saturated carbocycles. The number of likely N-dealkylation sites (tertiary alicyclic amines) is 2. The van der Waals surface area contributed by atoms with Crippen LogP contribution in [0.4, 0.5) is 4.39 Å². The summed E-state index contributed by atoms with van der Waals surface area (Å²) < 4.78 is 13.9. The molecule has 0 spiro atoms. The van der Waals surface area contributed by atoms with Crippen molar-refractivity contribution >= 4 is 16.8 Å². The summed E-state index contributed by atoms with van der Waals surface area (Å²) in [5.41, 5.74) is 2.91. The average Bonchev–Trinajstić information content (AvgIpc) is 2.86. The highest BCUT2D eigenvalue weighted by Gasteiger charge is 2.43. The number of piperidine rings is 2. The van der Waals surface area contributed by atoms with Crippen molar-refractivity contribution in [2.24, 2.45) is 11.3 Å². The first-order chi connectivity index (χ1) is 16.5. The van der Waals surface area contributed by atoms with E-state index in [1.807, 2.05) is 18.3 Å². The van der Waals surface area contributed by atoms with Crippen LogP contribution in [-0.4, -0.2) is 53.9 Å². The standard InChI is InChI=1S/C29H34FN3O/c1-32-17-12-29(13-18-32,21-23-5-2-7-25(30)20-23)28(34)33-15-10-22(11-16-33)19-24-6-3-9-27-26(24)8-4-14-31-27/h2-9,14,20,22H,10-13,15-19,21H2,1H3. The highest BCUT2D eigenvalue weighted by molar-refractivity contribution is 5.83. The van der Waals surface area contributed by atoms with Gasteiger partial charge in [0, 0.05) is 24.7 Å². The Morgan fingerprint density at radius 2 is 1.79 bits per heavy atom. The number of hydrogen-bond donors (Lipinski definition) is 0. The SMILES string of the molecule is CN1CCC(Cc2cccc(F)c2)(C(=O)N2CCC(Cc3cccc4ncccc34)CC2)CC1. The van der Waals surface area contributed by atoms with Crippen LogP contribution in [0.1, 0.15) is 36.8 Å². The second kappa shape index (κ2) is 9.83. The topological polar surface area (TPSA) is 36.4 Å². The molecule has 1 amide bonds. The summed E-state index contributed by atoms with van der Waals surface area (Å²) >= 11 is 0. The molecule has 5 rings (SSSR count). The molecular weight excluding hydrogens is 425 g/mol. The molecule has 0 aliphatic carbocycles. The van der Waals surface area contributed by atoms with Crippen molar-refractivity contribution in [3.8, 4) is 0 Å². The fourth-order valence-electron chi connectivity index (χ4n) is 5.88. The number of pyridine rings is 1. The number of halogens is 1. The number of benzene rings is 2. The lowest BCUT2D eigenvalue weighted by Gasteiger charge is -2.44. The molecule has 5 heteroatoms. The number of aromatic nitrogens is 1. The maximum atomic E-state index is 13.9. The zero-order valence-corrected chi connectivity index (χ0v) is 20.0. The van der Waals surface area contributed by atoms with Crippen molar-refractivity contribution in [3.05, 3.63) is 77.7 Å². The number of nitrogens with zero attached hydrogens (tertiary/aromatic N) is 3. The Morgan fingerprint density at radius 3 is 2.56 bits per heavy atom. The number of carbonyl (C=O) groups is 1. The van der Waals surface area contributed by atoms with E-state index in [0.29, 0.717) is 12.3 Å². The highest BCUT2D eigenvalue weighted by atomic mass is 19.1. The van der Waals surface area contributed by atoms with Crippen LogP contribution in [0.25, 0.3) is 10.9 Å². The first kappa shape index (κ1) is 23.0. The lowest BCUT2D eigenvalue weighted by Crippen LogP contribution is -2.52. The number of amides is 1. The molecule has 2 saturated heterocycles. The van der Waals surface area contributed by atoms with Gasteiger partial charge < -0.3 is 9.80 Å². The molecule has 4 nitrogen and oxygen atoms in total. The number of carbonyl (C=O) groups excluding carboxylic acids is 1. The molecule has 0 unspecified atom stereocenters. The summed E-state index contributed by atoms with van der Waals surface area (Å²) in [6.07, 6.45) is 7.23. The van der Waals surface area contributed by atoms with Crippen LogP contribution in [0.2, 0.25) is 0 Å². The highest BCUT2D eigenvalue weighted by Crippen LogP contribution is 2.38. The fourth-order valence-corrected chi connectivity index (χ4v) is 5.88.